The van der Waals surface area contributed by atoms with Crippen LogP contribution in [0.15, 0.2) is 16.7 Å². The summed E-state index contributed by atoms with van der Waals surface area (Å²) in [5.74, 6) is 1.58. The molecule has 0 spiro atoms. The zero-order valence-corrected chi connectivity index (χ0v) is 13.0. The summed E-state index contributed by atoms with van der Waals surface area (Å²) in [6.45, 7) is 3.65. The van der Waals surface area contributed by atoms with E-state index in [1.54, 1.807) is 0 Å². The van der Waals surface area contributed by atoms with Crippen molar-refractivity contribution < 1.29 is 4.74 Å². The number of hydrogen-bond acceptors (Lipinski definition) is 4. The molecule has 4 nitrogen and oxygen atoms in total. The van der Waals surface area contributed by atoms with Gasteiger partial charge in [-0.1, -0.05) is 0 Å². The fraction of sp³-hybridized carbons (Fsp3) is 0.643. The molecule has 1 aliphatic heterocycles. The summed E-state index contributed by atoms with van der Waals surface area (Å²) < 4.78 is 6.42. The molecule has 0 amide bonds. The number of ether oxygens (including phenoxy) is 1. The quantitative estimate of drug-likeness (QED) is 0.902. The summed E-state index contributed by atoms with van der Waals surface area (Å²) in [6.07, 6.45) is 4.58. The standard InChI is InChI=1S/C14H20BrN3O/c1-3-19-14-12(15)6-11(8-17-14)18-10(7-16-2)4-9-5-13(9)18/h6,8-10,13,16H,3-5,7H2,1-2H3. The Labute approximate surface area is 122 Å². The van der Waals surface area contributed by atoms with Crippen LogP contribution in [0.25, 0.3) is 0 Å². The third-order valence-electron chi connectivity index (χ3n) is 4.02. The van der Waals surface area contributed by atoms with Gasteiger partial charge in [0.2, 0.25) is 5.88 Å². The molecule has 0 aromatic carbocycles. The van der Waals surface area contributed by atoms with Crippen molar-refractivity contribution in [2.24, 2.45) is 5.92 Å². The molecule has 3 unspecified atom stereocenters. The fourth-order valence-electron chi connectivity index (χ4n) is 3.18. The van der Waals surface area contributed by atoms with Crippen molar-refractivity contribution in [2.45, 2.75) is 31.8 Å². The average Bonchev–Trinajstić information content (AvgIpc) is 3.05. The summed E-state index contributed by atoms with van der Waals surface area (Å²) in [7, 11) is 2.02. The number of pyridine rings is 1. The van der Waals surface area contributed by atoms with Crippen molar-refractivity contribution in [3.8, 4) is 5.88 Å². The van der Waals surface area contributed by atoms with Gasteiger partial charge in [-0.05, 0) is 54.7 Å². The molecule has 1 N–H and O–H groups in total. The van der Waals surface area contributed by atoms with E-state index in [0.717, 1.165) is 23.0 Å². The van der Waals surface area contributed by atoms with Crippen LogP contribution in [-0.2, 0) is 0 Å². The van der Waals surface area contributed by atoms with Crippen LogP contribution in [0.5, 0.6) is 5.88 Å². The number of likely N-dealkylation sites (N-methyl/N-ethyl adjacent to an activating group) is 1. The van der Waals surface area contributed by atoms with Crippen molar-refractivity contribution in [2.75, 3.05) is 25.1 Å². The minimum atomic E-state index is 0.598. The van der Waals surface area contributed by atoms with E-state index in [0.29, 0.717) is 18.5 Å². The monoisotopic (exact) mass is 325 g/mol. The maximum atomic E-state index is 5.48. The van der Waals surface area contributed by atoms with Crippen LogP contribution in [0.1, 0.15) is 19.8 Å². The number of aromatic nitrogens is 1. The van der Waals surface area contributed by atoms with E-state index < -0.39 is 0 Å². The number of piperidine rings is 1. The summed E-state index contributed by atoms with van der Waals surface area (Å²) >= 11 is 3.56. The van der Waals surface area contributed by atoms with E-state index in [4.69, 9.17) is 4.74 Å². The van der Waals surface area contributed by atoms with E-state index in [9.17, 15) is 0 Å². The molecule has 2 fully saturated rings. The number of halogens is 1. The van der Waals surface area contributed by atoms with Gasteiger partial charge in [-0.15, -0.1) is 0 Å². The first-order chi connectivity index (χ1) is 9.24. The second-order valence-electron chi connectivity index (χ2n) is 5.33. The number of fused-ring (bicyclic) bond motifs is 1. The molecule has 1 saturated carbocycles. The van der Waals surface area contributed by atoms with Crippen LogP contribution in [0.3, 0.4) is 0 Å². The van der Waals surface area contributed by atoms with Gasteiger partial charge in [0.15, 0.2) is 0 Å². The van der Waals surface area contributed by atoms with E-state index in [1.165, 1.54) is 18.5 Å². The highest BCUT2D eigenvalue weighted by Gasteiger charge is 2.51. The van der Waals surface area contributed by atoms with Crippen LogP contribution in [0.2, 0.25) is 0 Å². The highest BCUT2D eigenvalue weighted by molar-refractivity contribution is 9.10. The van der Waals surface area contributed by atoms with E-state index in [2.05, 4.69) is 37.2 Å². The van der Waals surface area contributed by atoms with Crippen LogP contribution in [-0.4, -0.2) is 37.3 Å². The zero-order chi connectivity index (χ0) is 13.4. The van der Waals surface area contributed by atoms with Crippen LogP contribution in [0.4, 0.5) is 5.69 Å². The molecular formula is C14H20BrN3O. The normalized spacial score (nSPS) is 28.4. The Hall–Kier alpha value is -0.810. The molecule has 0 radical (unpaired) electrons. The molecular weight excluding hydrogens is 306 g/mol. The molecule has 3 rings (SSSR count). The lowest BCUT2D eigenvalue weighted by Gasteiger charge is -2.29. The lowest BCUT2D eigenvalue weighted by atomic mass is 10.1. The van der Waals surface area contributed by atoms with Gasteiger partial charge in [0.25, 0.3) is 0 Å². The Morgan fingerprint density at radius 3 is 3.05 bits per heavy atom. The Morgan fingerprint density at radius 1 is 1.53 bits per heavy atom. The van der Waals surface area contributed by atoms with Gasteiger partial charge in [0.1, 0.15) is 0 Å². The Morgan fingerprint density at radius 2 is 2.37 bits per heavy atom. The molecule has 3 atom stereocenters. The van der Waals surface area contributed by atoms with Crippen LogP contribution >= 0.6 is 15.9 Å². The number of nitrogens with zero attached hydrogens (tertiary/aromatic N) is 2. The van der Waals surface area contributed by atoms with Crippen LogP contribution < -0.4 is 15.0 Å². The first-order valence-corrected chi connectivity index (χ1v) is 7.75. The summed E-state index contributed by atoms with van der Waals surface area (Å²) in [4.78, 5) is 6.97. The van der Waals surface area contributed by atoms with Gasteiger partial charge in [-0.3, -0.25) is 0 Å². The summed E-state index contributed by atoms with van der Waals surface area (Å²) in [5, 5.41) is 3.30. The second-order valence-corrected chi connectivity index (χ2v) is 6.19. The number of nitrogens with one attached hydrogen (secondary N) is 1. The minimum Gasteiger partial charge on any atom is -0.477 e. The van der Waals surface area contributed by atoms with Crippen molar-refractivity contribution in [1.82, 2.24) is 10.3 Å². The predicted molar refractivity (Wildman–Crippen MR) is 79.8 cm³/mol. The Bertz CT molecular complexity index is 468. The van der Waals surface area contributed by atoms with Crippen LogP contribution in [0, 0.1) is 5.92 Å². The lowest BCUT2D eigenvalue weighted by Crippen LogP contribution is -2.39. The first kappa shape index (κ1) is 13.2. The fourth-order valence-corrected chi connectivity index (χ4v) is 3.63. The van der Waals surface area contributed by atoms with Gasteiger partial charge >= 0.3 is 0 Å². The van der Waals surface area contributed by atoms with Gasteiger partial charge in [-0.25, -0.2) is 4.98 Å². The first-order valence-electron chi connectivity index (χ1n) is 6.95. The smallest absolute Gasteiger partial charge is 0.228 e. The highest BCUT2D eigenvalue weighted by Crippen LogP contribution is 2.50. The van der Waals surface area contributed by atoms with Crippen molar-refractivity contribution in [1.29, 1.82) is 0 Å². The molecule has 1 saturated heterocycles. The topological polar surface area (TPSA) is 37.4 Å². The Balaban J connectivity index is 1.82. The van der Waals surface area contributed by atoms with Gasteiger partial charge < -0.3 is 15.0 Å². The van der Waals surface area contributed by atoms with Crippen molar-refractivity contribution >= 4 is 21.6 Å². The molecule has 1 aromatic heterocycles. The lowest BCUT2D eigenvalue weighted by molar-refractivity contribution is 0.324. The third kappa shape index (κ3) is 2.46. The molecule has 0 bridgehead atoms. The largest absolute Gasteiger partial charge is 0.477 e. The maximum Gasteiger partial charge on any atom is 0.228 e. The number of hydrogen-bond donors (Lipinski definition) is 1. The molecule has 2 aliphatic rings. The second kappa shape index (κ2) is 5.29. The van der Waals surface area contributed by atoms with E-state index >= 15 is 0 Å². The number of rotatable bonds is 5. The third-order valence-corrected chi connectivity index (χ3v) is 4.59. The SMILES string of the molecule is CCOc1ncc(N2C(CNC)CC3CC32)cc1Br. The van der Waals surface area contributed by atoms with E-state index in [-0.39, 0.29) is 0 Å². The Kier molecular flexibility index (Phi) is 3.67. The van der Waals surface area contributed by atoms with Crippen molar-refractivity contribution in [3.05, 3.63) is 16.7 Å². The molecule has 104 valence electrons. The van der Waals surface area contributed by atoms with Gasteiger partial charge in [0.05, 0.1) is 23.0 Å². The molecule has 19 heavy (non-hydrogen) atoms. The minimum absolute atomic E-state index is 0.598. The predicted octanol–water partition coefficient (Wildman–Crippen LogP) is 2.43. The van der Waals surface area contributed by atoms with Crippen molar-refractivity contribution in [3.63, 3.8) is 0 Å². The van der Waals surface area contributed by atoms with Gasteiger partial charge in [0, 0.05) is 18.6 Å². The molecule has 2 heterocycles. The average molecular weight is 326 g/mol. The molecule has 1 aromatic rings. The molecule has 1 aliphatic carbocycles. The van der Waals surface area contributed by atoms with E-state index in [1.807, 2.05) is 20.2 Å². The maximum absolute atomic E-state index is 5.48. The molecule has 5 heteroatoms. The van der Waals surface area contributed by atoms with Gasteiger partial charge in [-0.2, -0.15) is 0 Å². The number of anilines is 1. The zero-order valence-electron chi connectivity index (χ0n) is 11.4. The highest BCUT2D eigenvalue weighted by atomic mass is 79.9. The summed E-state index contributed by atoms with van der Waals surface area (Å²) in [6, 6.07) is 3.46. The summed E-state index contributed by atoms with van der Waals surface area (Å²) in [5.41, 5.74) is 1.21.